The maximum atomic E-state index is 11.2. The van der Waals surface area contributed by atoms with Crippen LogP contribution in [0.4, 0.5) is 0 Å². The molecule has 133 valence electrons. The van der Waals surface area contributed by atoms with E-state index in [1.165, 1.54) is 6.07 Å². The summed E-state index contributed by atoms with van der Waals surface area (Å²) < 4.78 is 45.6. The van der Waals surface area contributed by atoms with E-state index in [0.29, 0.717) is 14.1 Å². The van der Waals surface area contributed by atoms with Crippen LogP contribution in [0.5, 0.6) is 17.2 Å². The summed E-state index contributed by atoms with van der Waals surface area (Å²) in [7, 11) is -3.73. The highest BCUT2D eigenvalue weighted by Crippen LogP contribution is 2.39. The first-order valence-electron chi connectivity index (χ1n) is 7.03. The Morgan fingerprint density at radius 1 is 1.21 bits per heavy atom. The normalized spacial score (nSPS) is 11.0. The predicted molar refractivity (Wildman–Crippen MR) is 84.3 cm³/mol. The lowest BCUT2D eigenvalue weighted by Gasteiger charge is -2.16. The van der Waals surface area contributed by atoms with Crippen molar-refractivity contribution in [3.63, 3.8) is 0 Å². The van der Waals surface area contributed by atoms with Gasteiger partial charge in [0.1, 0.15) is 0 Å². The second-order valence-electron chi connectivity index (χ2n) is 4.67. The molecule has 0 heterocycles. The summed E-state index contributed by atoms with van der Waals surface area (Å²) in [5.74, 6) is -1.75. The van der Waals surface area contributed by atoms with Gasteiger partial charge in [0.15, 0.2) is 17.2 Å². The number of carboxylic acid groups (broad SMARTS) is 1. The number of aromatic carboxylic acids is 1. The molecule has 1 rings (SSSR count). The molecule has 3 N–H and O–H groups in total. The van der Waals surface area contributed by atoms with Gasteiger partial charge in [-0.2, -0.15) is 8.42 Å². The number of carboxylic acids is 1. The second-order valence-corrected chi connectivity index (χ2v) is 6.24. The lowest BCUT2D eigenvalue weighted by molar-refractivity contribution is 0.0695. The molecule has 0 bridgehead atoms. The zero-order chi connectivity index (χ0) is 18.2. The number of rotatable bonds is 11. The zero-order valence-electron chi connectivity index (χ0n) is 13.0. The van der Waals surface area contributed by atoms with Gasteiger partial charge in [0, 0.05) is 0 Å². The third-order valence-corrected chi connectivity index (χ3v) is 3.51. The van der Waals surface area contributed by atoms with Crippen molar-refractivity contribution in [2.45, 2.75) is 19.8 Å². The number of hydrogen-bond donors (Lipinski definition) is 3. The number of benzene rings is 1. The van der Waals surface area contributed by atoms with E-state index in [9.17, 15) is 13.2 Å². The molecule has 0 fully saturated rings. The van der Waals surface area contributed by atoms with Gasteiger partial charge in [0.25, 0.3) is 10.1 Å². The van der Waals surface area contributed by atoms with Gasteiger partial charge in [0.05, 0.1) is 24.5 Å². The van der Waals surface area contributed by atoms with Crippen molar-refractivity contribution in [1.82, 2.24) is 0 Å². The van der Waals surface area contributed by atoms with Crippen molar-refractivity contribution < 1.29 is 42.0 Å². The predicted octanol–water partition coefficient (Wildman–Crippen LogP) is 0.736. The smallest absolute Gasteiger partial charge is 0.532 e. The SMILES string of the molecule is CCCOc1cc(C(=O)O)cc(OCCCS(=O)(=O)O)c1O[B]O. The molecule has 0 spiro atoms. The molecule has 0 atom stereocenters. The van der Waals surface area contributed by atoms with Crippen LogP contribution in [0.1, 0.15) is 30.1 Å². The summed E-state index contributed by atoms with van der Waals surface area (Å²) in [5, 5.41) is 18.0. The number of carbonyl (C=O) groups is 1. The third-order valence-electron chi connectivity index (χ3n) is 2.70. The molecule has 0 saturated carbocycles. The number of hydrogen-bond acceptors (Lipinski definition) is 7. The van der Waals surface area contributed by atoms with Gasteiger partial charge >= 0.3 is 13.7 Å². The van der Waals surface area contributed by atoms with Gasteiger partial charge in [-0.25, -0.2) is 4.79 Å². The summed E-state index contributed by atoms with van der Waals surface area (Å²) >= 11 is 0. The van der Waals surface area contributed by atoms with E-state index in [0.717, 1.165) is 6.07 Å². The fraction of sp³-hybridized carbons (Fsp3) is 0.462. The molecular formula is C13H18BO9S. The van der Waals surface area contributed by atoms with Crippen molar-refractivity contribution in [3.05, 3.63) is 17.7 Å². The maximum Gasteiger partial charge on any atom is 0.569 e. The lowest BCUT2D eigenvalue weighted by Crippen LogP contribution is -2.11. The zero-order valence-corrected chi connectivity index (χ0v) is 13.8. The van der Waals surface area contributed by atoms with E-state index in [4.69, 9.17) is 28.8 Å². The average Bonchev–Trinajstić information content (AvgIpc) is 2.50. The fourth-order valence-corrected chi connectivity index (χ4v) is 2.20. The molecular weight excluding hydrogens is 343 g/mol. The van der Waals surface area contributed by atoms with Crippen molar-refractivity contribution in [3.8, 4) is 17.2 Å². The molecule has 0 aromatic heterocycles. The Labute approximate surface area is 140 Å². The van der Waals surface area contributed by atoms with E-state index in [1.807, 2.05) is 6.92 Å². The van der Waals surface area contributed by atoms with Crippen LogP contribution in [-0.2, 0) is 10.1 Å². The Balaban J connectivity index is 3.03. The third kappa shape index (κ3) is 6.65. The van der Waals surface area contributed by atoms with Gasteiger partial charge in [-0.3, -0.25) is 4.55 Å². The summed E-state index contributed by atoms with van der Waals surface area (Å²) in [6.45, 7) is 2.01. The Kier molecular flexibility index (Phi) is 7.82. The van der Waals surface area contributed by atoms with Gasteiger partial charge < -0.3 is 24.3 Å². The Bertz CT molecular complexity index is 660. The van der Waals surface area contributed by atoms with E-state index in [1.54, 1.807) is 0 Å². The second kappa shape index (κ2) is 9.35. The van der Waals surface area contributed by atoms with Crippen molar-refractivity contribution in [1.29, 1.82) is 0 Å². The van der Waals surface area contributed by atoms with Crippen molar-refractivity contribution in [2.75, 3.05) is 19.0 Å². The molecule has 0 aliphatic carbocycles. The van der Waals surface area contributed by atoms with Crippen LogP contribution in [0.25, 0.3) is 0 Å². The van der Waals surface area contributed by atoms with Crippen LogP contribution < -0.4 is 14.1 Å². The van der Waals surface area contributed by atoms with E-state index in [2.05, 4.69) is 0 Å². The van der Waals surface area contributed by atoms with Crippen molar-refractivity contribution in [2.24, 2.45) is 0 Å². The van der Waals surface area contributed by atoms with E-state index < -0.39 is 21.8 Å². The lowest BCUT2D eigenvalue weighted by atomic mass is 10.1. The molecule has 0 aliphatic heterocycles. The molecule has 1 aromatic carbocycles. The summed E-state index contributed by atoms with van der Waals surface area (Å²) in [5.41, 5.74) is -0.129. The molecule has 1 aromatic rings. The van der Waals surface area contributed by atoms with Crippen LogP contribution in [-0.4, -0.2) is 55.7 Å². The molecule has 0 amide bonds. The van der Waals surface area contributed by atoms with Crippen LogP contribution >= 0.6 is 0 Å². The first-order valence-corrected chi connectivity index (χ1v) is 8.64. The minimum Gasteiger partial charge on any atom is -0.532 e. The van der Waals surface area contributed by atoms with Crippen molar-refractivity contribution >= 4 is 23.8 Å². The quantitative estimate of drug-likeness (QED) is 0.296. The van der Waals surface area contributed by atoms with Gasteiger partial charge in [-0.15, -0.1) is 0 Å². The Morgan fingerprint density at radius 3 is 2.25 bits per heavy atom. The molecule has 11 heteroatoms. The standard InChI is InChI=1S/C13H18BO9S/c1-2-4-21-10-7-9(13(15)16)8-11(12(10)23-14-17)22-5-3-6-24(18,19)20/h7-8,17H,2-6H2,1H3,(H,15,16)(H,18,19,20). The molecule has 0 unspecified atom stereocenters. The minimum atomic E-state index is -4.12. The first kappa shape index (κ1) is 20.1. The van der Waals surface area contributed by atoms with E-state index >= 15 is 0 Å². The highest BCUT2D eigenvalue weighted by atomic mass is 32.2. The fourth-order valence-electron chi connectivity index (χ4n) is 1.72. The van der Waals surface area contributed by atoms with E-state index in [-0.39, 0.29) is 42.4 Å². The first-order chi connectivity index (χ1) is 11.3. The van der Waals surface area contributed by atoms with Crippen LogP contribution in [0.2, 0.25) is 0 Å². The maximum absolute atomic E-state index is 11.2. The molecule has 1 radical (unpaired) electrons. The summed E-state index contributed by atoms with van der Waals surface area (Å²) in [4.78, 5) is 11.2. The van der Waals surface area contributed by atoms with Crippen LogP contribution in [0.3, 0.4) is 0 Å². The van der Waals surface area contributed by atoms with Gasteiger partial charge in [-0.05, 0) is 25.0 Å². The molecule has 9 nitrogen and oxygen atoms in total. The molecule has 24 heavy (non-hydrogen) atoms. The number of ether oxygens (including phenoxy) is 2. The molecule has 0 aliphatic rings. The minimum absolute atomic E-state index is 0.0242. The Hall–Kier alpha value is -1.98. The monoisotopic (exact) mass is 361 g/mol. The van der Waals surface area contributed by atoms with Crippen LogP contribution in [0.15, 0.2) is 12.1 Å². The van der Waals surface area contributed by atoms with Crippen LogP contribution in [0, 0.1) is 0 Å². The highest BCUT2D eigenvalue weighted by molar-refractivity contribution is 7.85. The average molecular weight is 361 g/mol. The largest absolute Gasteiger partial charge is 0.569 e. The van der Waals surface area contributed by atoms with Gasteiger partial charge in [0.2, 0.25) is 0 Å². The highest BCUT2D eigenvalue weighted by Gasteiger charge is 2.19. The summed E-state index contributed by atoms with van der Waals surface area (Å²) in [6.07, 6.45) is 0.633. The Morgan fingerprint density at radius 2 is 1.79 bits per heavy atom. The summed E-state index contributed by atoms with van der Waals surface area (Å²) in [6, 6.07) is 2.38. The van der Waals surface area contributed by atoms with Gasteiger partial charge in [-0.1, -0.05) is 6.92 Å². The molecule has 0 saturated heterocycles. The topological polar surface area (TPSA) is 140 Å².